The Labute approximate surface area is 210 Å². The third-order valence-corrected chi connectivity index (χ3v) is 5.90. The Morgan fingerprint density at radius 3 is 2.59 bits per heavy atom. The van der Waals surface area contributed by atoms with Crippen molar-refractivity contribution in [1.82, 2.24) is 20.4 Å². The molecule has 32 heavy (non-hydrogen) atoms. The van der Waals surface area contributed by atoms with Gasteiger partial charge in [-0.3, -0.25) is 4.99 Å². The van der Waals surface area contributed by atoms with E-state index in [-0.39, 0.29) is 36.1 Å². The van der Waals surface area contributed by atoms with E-state index in [1.54, 1.807) is 0 Å². The number of amides is 1. The highest BCUT2D eigenvalue weighted by molar-refractivity contribution is 14.0. The summed E-state index contributed by atoms with van der Waals surface area (Å²) in [6, 6.07) is 10.8. The van der Waals surface area contributed by atoms with Gasteiger partial charge in [0.25, 0.3) is 0 Å². The first kappa shape index (κ1) is 26.7. The predicted molar refractivity (Wildman–Crippen MR) is 141 cm³/mol. The number of halogens is 1. The van der Waals surface area contributed by atoms with Crippen LogP contribution in [-0.2, 0) is 11.2 Å². The van der Waals surface area contributed by atoms with Gasteiger partial charge in [-0.2, -0.15) is 0 Å². The fraction of sp³-hybridized carbons (Fsp3) is 0.667. The normalized spacial score (nSPS) is 21.9. The van der Waals surface area contributed by atoms with Crippen molar-refractivity contribution in [2.45, 2.75) is 51.7 Å². The van der Waals surface area contributed by atoms with E-state index in [1.807, 2.05) is 27.8 Å². The molecule has 2 aliphatic heterocycles. The van der Waals surface area contributed by atoms with Crippen molar-refractivity contribution >= 4 is 36.0 Å². The maximum Gasteiger partial charge on any atom is 0.407 e. The van der Waals surface area contributed by atoms with Crippen molar-refractivity contribution in [1.29, 1.82) is 0 Å². The second kappa shape index (κ2) is 12.6. The molecule has 8 heteroatoms. The Bertz CT molecular complexity index is 738. The maximum absolute atomic E-state index is 12.0. The number of guanidine groups is 1. The molecule has 7 nitrogen and oxygen atoms in total. The molecule has 0 saturated carbocycles. The van der Waals surface area contributed by atoms with E-state index in [2.05, 4.69) is 55.8 Å². The summed E-state index contributed by atoms with van der Waals surface area (Å²) in [5.74, 6) is 1.57. The Kier molecular flexibility index (Phi) is 10.5. The molecule has 1 amide bonds. The number of nitrogens with zero attached hydrogens (tertiary/aromatic N) is 3. The van der Waals surface area contributed by atoms with E-state index in [0.717, 1.165) is 51.5 Å². The Morgan fingerprint density at radius 1 is 1.16 bits per heavy atom. The minimum atomic E-state index is -0.476. The van der Waals surface area contributed by atoms with Crippen LogP contribution in [0, 0.1) is 5.92 Å². The largest absolute Gasteiger partial charge is 0.444 e. The smallest absolute Gasteiger partial charge is 0.407 e. The molecule has 180 valence electrons. The van der Waals surface area contributed by atoms with E-state index in [4.69, 9.17) is 4.74 Å². The summed E-state index contributed by atoms with van der Waals surface area (Å²) in [5, 5.41) is 6.55. The molecule has 2 unspecified atom stereocenters. The molecule has 0 aromatic heterocycles. The average molecular weight is 558 g/mol. The number of alkyl carbamates (subject to hydrolysis) is 1. The lowest BCUT2D eigenvalue weighted by Crippen LogP contribution is -2.45. The highest BCUT2D eigenvalue weighted by atomic mass is 127. The van der Waals surface area contributed by atoms with E-state index in [1.165, 1.54) is 18.5 Å². The molecule has 2 fully saturated rings. The molecule has 0 radical (unpaired) electrons. The van der Waals surface area contributed by atoms with Gasteiger partial charge in [0, 0.05) is 39.8 Å². The van der Waals surface area contributed by atoms with Crippen molar-refractivity contribution in [2.75, 3.05) is 46.3 Å². The lowest BCUT2D eigenvalue weighted by Gasteiger charge is -2.24. The number of hydrogen-bond acceptors (Lipinski definition) is 4. The van der Waals surface area contributed by atoms with Crippen molar-refractivity contribution in [3.8, 4) is 0 Å². The second-order valence-corrected chi connectivity index (χ2v) is 9.70. The molecular weight excluding hydrogens is 517 g/mol. The number of hydrogen-bond donors (Lipinski definition) is 2. The summed E-state index contributed by atoms with van der Waals surface area (Å²) in [5.41, 5.74) is 0.934. The van der Waals surface area contributed by atoms with Gasteiger partial charge in [-0.05, 0) is 58.1 Å². The number of likely N-dealkylation sites (tertiary alicyclic amines) is 2. The van der Waals surface area contributed by atoms with Crippen LogP contribution < -0.4 is 10.6 Å². The molecule has 1 aromatic carbocycles. The van der Waals surface area contributed by atoms with E-state index in [0.29, 0.717) is 5.92 Å². The number of ether oxygens (including phenoxy) is 1. The molecule has 2 atom stereocenters. The number of carbonyl (C=O) groups excluding carboxylic acids is 1. The fourth-order valence-corrected chi connectivity index (χ4v) is 4.33. The van der Waals surface area contributed by atoms with Crippen LogP contribution in [-0.4, -0.2) is 79.8 Å². The summed E-state index contributed by atoms with van der Waals surface area (Å²) in [6.07, 6.45) is 2.89. The van der Waals surface area contributed by atoms with Crippen molar-refractivity contribution in [2.24, 2.45) is 10.9 Å². The summed E-state index contributed by atoms with van der Waals surface area (Å²) in [7, 11) is 1.83. The predicted octanol–water partition coefficient (Wildman–Crippen LogP) is 3.34. The number of carbonyl (C=O) groups is 1. The van der Waals surface area contributed by atoms with Crippen molar-refractivity contribution in [3.63, 3.8) is 0 Å². The Morgan fingerprint density at radius 2 is 1.91 bits per heavy atom. The van der Waals surface area contributed by atoms with Crippen LogP contribution in [0.2, 0.25) is 0 Å². The Hall–Kier alpha value is -1.55. The monoisotopic (exact) mass is 557 g/mol. The second-order valence-electron chi connectivity index (χ2n) is 9.70. The van der Waals surface area contributed by atoms with Crippen LogP contribution in [0.1, 0.15) is 39.2 Å². The number of rotatable bonds is 6. The highest BCUT2D eigenvalue weighted by Crippen LogP contribution is 2.17. The molecule has 2 heterocycles. The minimum Gasteiger partial charge on any atom is -0.444 e. The molecule has 0 spiro atoms. The fourth-order valence-electron chi connectivity index (χ4n) is 4.33. The lowest BCUT2D eigenvalue weighted by molar-refractivity contribution is 0.0507. The van der Waals surface area contributed by atoms with Crippen LogP contribution in [0.4, 0.5) is 4.79 Å². The first-order valence-electron chi connectivity index (χ1n) is 11.5. The summed E-state index contributed by atoms with van der Waals surface area (Å²) < 4.78 is 5.38. The molecule has 2 saturated heterocycles. The minimum absolute atomic E-state index is 0. The van der Waals surface area contributed by atoms with Gasteiger partial charge in [0.2, 0.25) is 0 Å². The van der Waals surface area contributed by atoms with Gasteiger partial charge in [0.05, 0.1) is 6.04 Å². The summed E-state index contributed by atoms with van der Waals surface area (Å²) in [6.45, 7) is 11.7. The third-order valence-electron chi connectivity index (χ3n) is 5.90. The maximum atomic E-state index is 12.0. The summed E-state index contributed by atoms with van der Waals surface area (Å²) in [4.78, 5) is 21.3. The first-order chi connectivity index (χ1) is 14.8. The number of aliphatic imine (C=N–C) groups is 1. The van der Waals surface area contributed by atoms with Gasteiger partial charge in [0.1, 0.15) is 5.60 Å². The first-order valence-corrected chi connectivity index (χ1v) is 11.5. The Balaban J connectivity index is 0.00000363. The third kappa shape index (κ3) is 8.77. The van der Waals surface area contributed by atoms with Gasteiger partial charge < -0.3 is 25.2 Å². The standard InChI is InChI=1S/C24H39N5O2.HI/c1-24(2,3)31-23(30)27-21-12-15-29(18-21)22(25-4)26-16-20-11-14-28(17-20)13-10-19-8-6-5-7-9-19;/h5-9,20-21H,10-18H2,1-4H3,(H,25,26)(H,27,30);1H. The zero-order valence-electron chi connectivity index (χ0n) is 20.0. The quantitative estimate of drug-likeness (QED) is 0.319. The van der Waals surface area contributed by atoms with Crippen molar-refractivity contribution in [3.05, 3.63) is 35.9 Å². The molecular formula is C24H40IN5O2. The average Bonchev–Trinajstić information content (AvgIpc) is 3.36. The summed E-state index contributed by atoms with van der Waals surface area (Å²) >= 11 is 0. The van der Waals surface area contributed by atoms with E-state index >= 15 is 0 Å². The molecule has 3 rings (SSSR count). The topological polar surface area (TPSA) is 69.2 Å². The van der Waals surface area contributed by atoms with Gasteiger partial charge in [-0.15, -0.1) is 24.0 Å². The van der Waals surface area contributed by atoms with E-state index in [9.17, 15) is 4.79 Å². The van der Waals surface area contributed by atoms with Gasteiger partial charge in [-0.25, -0.2) is 4.79 Å². The molecule has 0 aliphatic carbocycles. The van der Waals surface area contributed by atoms with Crippen LogP contribution in [0.3, 0.4) is 0 Å². The molecule has 0 bridgehead atoms. The zero-order valence-corrected chi connectivity index (χ0v) is 22.3. The number of benzene rings is 1. The number of nitrogens with one attached hydrogen (secondary N) is 2. The van der Waals surface area contributed by atoms with Gasteiger partial charge >= 0.3 is 6.09 Å². The van der Waals surface area contributed by atoms with E-state index < -0.39 is 5.60 Å². The molecule has 2 aliphatic rings. The van der Waals surface area contributed by atoms with Gasteiger partial charge in [-0.1, -0.05) is 30.3 Å². The van der Waals surface area contributed by atoms with Crippen molar-refractivity contribution < 1.29 is 9.53 Å². The van der Waals surface area contributed by atoms with Crippen LogP contribution in [0.25, 0.3) is 0 Å². The SMILES string of the molecule is CN=C(NCC1CCN(CCc2ccccc2)C1)N1CCC(NC(=O)OC(C)(C)C)C1.I. The van der Waals surface area contributed by atoms with Gasteiger partial charge in [0.15, 0.2) is 5.96 Å². The lowest BCUT2D eigenvalue weighted by atomic mass is 10.1. The zero-order chi connectivity index (χ0) is 22.3. The molecule has 2 N–H and O–H groups in total. The van der Waals surface area contributed by atoms with Crippen LogP contribution >= 0.6 is 24.0 Å². The highest BCUT2D eigenvalue weighted by Gasteiger charge is 2.29. The molecule has 1 aromatic rings. The van der Waals surface area contributed by atoms with Crippen LogP contribution in [0.15, 0.2) is 35.3 Å². The van der Waals surface area contributed by atoms with Crippen LogP contribution in [0.5, 0.6) is 0 Å².